The molecule has 0 aliphatic rings. The van der Waals surface area contributed by atoms with Gasteiger partial charge in [0.05, 0.1) is 26.4 Å². The molecule has 0 amide bonds. The highest BCUT2D eigenvalue weighted by atomic mass is 19.0. The molecule has 0 aliphatic carbocycles. The molecule has 15 heavy (non-hydrogen) atoms. The highest BCUT2D eigenvalue weighted by Crippen LogP contribution is 1.85. The zero-order valence-corrected chi connectivity index (χ0v) is 8.03. The van der Waals surface area contributed by atoms with E-state index in [9.17, 15) is 0 Å². The first-order chi connectivity index (χ1) is 4.81. The molecule has 102 valence electrons. The molecule has 0 spiro atoms. The molecule has 2 N–H and O–H groups in total. The van der Waals surface area contributed by atoms with E-state index < -0.39 is 0 Å². The van der Waals surface area contributed by atoms with Crippen molar-refractivity contribution in [2.24, 2.45) is 0 Å². The molecule has 0 atom stereocenters. The highest BCUT2D eigenvalue weighted by Gasteiger charge is 1.95. The van der Waals surface area contributed by atoms with Crippen molar-refractivity contribution in [3.63, 3.8) is 0 Å². The zero-order valence-electron chi connectivity index (χ0n) is 8.03. The van der Waals surface area contributed by atoms with Crippen LogP contribution in [0.15, 0.2) is 0 Å². The van der Waals surface area contributed by atoms with Gasteiger partial charge in [0.1, 0.15) is 0 Å². The Morgan fingerprint density at radius 2 is 1.07 bits per heavy atom. The molecule has 0 radical (unpaired) electrons. The van der Waals surface area contributed by atoms with E-state index in [0.717, 1.165) is 5.23 Å². The summed E-state index contributed by atoms with van der Waals surface area (Å²) in [6, 6.07) is 0. The molecule has 0 saturated heterocycles. The minimum atomic E-state index is -0.0488. The Bertz CT molecular complexity index is 76.4. The minimum Gasteiger partial charge on any atom is -0.394 e. The molecule has 0 rings (SSSR count). The van der Waals surface area contributed by atoms with Gasteiger partial charge >= 0.3 is 0 Å². The summed E-state index contributed by atoms with van der Waals surface area (Å²) in [6.07, 6.45) is 0. The fourth-order valence-electron chi connectivity index (χ4n) is 0.376. The highest BCUT2D eigenvalue weighted by molar-refractivity contribution is 4.18. The van der Waals surface area contributed by atoms with Gasteiger partial charge in [0, 0.05) is 7.05 Å². The van der Waals surface area contributed by atoms with Crippen molar-refractivity contribution >= 4 is 0 Å². The first kappa shape index (κ1) is 36.6. The molecule has 0 unspecified atom stereocenters. The number of hydroxylamine groups is 2. The van der Waals surface area contributed by atoms with Gasteiger partial charge in [-0.3, -0.25) is 33.2 Å². The molecular weight excluding hydrogens is 233 g/mol. The standard InChI is InChI=1S/C5H13NO4.5FH/c1-6(9-4-2-7)10-5-3-8;;;;;/h7-8H,2-5H2,1H3;5*1H. The molecule has 0 aromatic carbocycles. The van der Waals surface area contributed by atoms with Crippen molar-refractivity contribution in [2.75, 3.05) is 33.5 Å². The van der Waals surface area contributed by atoms with E-state index in [1.807, 2.05) is 0 Å². The molecule has 5 nitrogen and oxygen atoms in total. The Hall–Kier alpha value is -0.550. The van der Waals surface area contributed by atoms with Gasteiger partial charge in [-0.2, -0.15) is 0 Å². The Labute approximate surface area is 83.3 Å². The molecular formula is C5H18F5NO4. The van der Waals surface area contributed by atoms with Crippen LogP contribution in [0.2, 0.25) is 0 Å². The molecule has 10 heteroatoms. The van der Waals surface area contributed by atoms with Crippen molar-refractivity contribution in [2.45, 2.75) is 0 Å². The maximum atomic E-state index is 8.28. The normalized spacial score (nSPS) is 7.20. The second-order valence-corrected chi connectivity index (χ2v) is 1.55. The molecule has 0 aromatic heterocycles. The van der Waals surface area contributed by atoms with E-state index in [2.05, 4.69) is 0 Å². The summed E-state index contributed by atoms with van der Waals surface area (Å²) in [5.74, 6) is 0. The van der Waals surface area contributed by atoms with Crippen LogP contribution in [0, 0.1) is 0 Å². The minimum absolute atomic E-state index is 0. The van der Waals surface area contributed by atoms with Crippen LogP contribution < -0.4 is 0 Å². The van der Waals surface area contributed by atoms with E-state index >= 15 is 0 Å². The number of nitrogens with zero attached hydrogens (tertiary/aromatic N) is 1. The number of hydrogen-bond acceptors (Lipinski definition) is 5. The lowest BCUT2D eigenvalue weighted by Crippen LogP contribution is -2.22. The van der Waals surface area contributed by atoms with Crippen molar-refractivity contribution in [3.05, 3.63) is 0 Å². The van der Waals surface area contributed by atoms with Gasteiger partial charge in [-0.15, -0.1) is 0 Å². The van der Waals surface area contributed by atoms with Gasteiger partial charge in [0.2, 0.25) is 0 Å². The summed E-state index contributed by atoms with van der Waals surface area (Å²) < 4.78 is 0. The van der Waals surface area contributed by atoms with Crippen LogP contribution in [-0.2, 0) is 9.68 Å². The van der Waals surface area contributed by atoms with Crippen LogP contribution in [0.1, 0.15) is 0 Å². The first-order valence-electron chi connectivity index (χ1n) is 3.02. The van der Waals surface area contributed by atoms with Gasteiger partial charge in [0.15, 0.2) is 0 Å². The fourth-order valence-corrected chi connectivity index (χ4v) is 0.376. The third-order valence-electron chi connectivity index (χ3n) is 0.729. The number of rotatable bonds is 6. The van der Waals surface area contributed by atoms with Crippen molar-refractivity contribution in [3.8, 4) is 0 Å². The summed E-state index contributed by atoms with van der Waals surface area (Å²) in [7, 11) is 1.55. The molecule has 0 saturated carbocycles. The van der Waals surface area contributed by atoms with Gasteiger partial charge in [-0.05, 0) is 0 Å². The van der Waals surface area contributed by atoms with E-state index in [0.29, 0.717) is 0 Å². The van der Waals surface area contributed by atoms with Gasteiger partial charge in [-0.1, -0.05) is 5.23 Å². The second kappa shape index (κ2) is 29.2. The molecule has 0 bridgehead atoms. The Morgan fingerprint density at radius 3 is 1.27 bits per heavy atom. The van der Waals surface area contributed by atoms with Crippen molar-refractivity contribution in [1.29, 1.82) is 0 Å². The average molecular weight is 251 g/mol. The lowest BCUT2D eigenvalue weighted by atomic mass is 10.8. The van der Waals surface area contributed by atoms with Crippen LogP contribution in [0.25, 0.3) is 0 Å². The number of aliphatic hydroxyl groups is 2. The van der Waals surface area contributed by atoms with E-state index in [1.165, 1.54) is 0 Å². The third kappa shape index (κ3) is 31.8. The number of hydrogen-bond donors (Lipinski definition) is 2. The fraction of sp³-hybridized carbons (Fsp3) is 1.00. The van der Waals surface area contributed by atoms with Crippen LogP contribution >= 0.6 is 0 Å². The second-order valence-electron chi connectivity index (χ2n) is 1.55. The Morgan fingerprint density at radius 1 is 0.800 bits per heavy atom. The quantitative estimate of drug-likeness (QED) is 0.493. The maximum absolute atomic E-state index is 8.28. The maximum Gasteiger partial charge on any atom is 0.0942 e. The van der Waals surface area contributed by atoms with Gasteiger partial charge in [0.25, 0.3) is 0 Å². The Balaban J connectivity index is -0.0000000405. The molecule has 0 heterocycles. The van der Waals surface area contributed by atoms with Crippen LogP contribution in [0.4, 0.5) is 23.5 Å². The summed E-state index contributed by atoms with van der Waals surface area (Å²) >= 11 is 0. The van der Waals surface area contributed by atoms with Crippen molar-refractivity contribution < 1.29 is 43.4 Å². The SMILES string of the molecule is CN(OCCO)OCCO.F.F.F.F.F. The molecule has 0 aromatic rings. The van der Waals surface area contributed by atoms with E-state index in [-0.39, 0.29) is 49.9 Å². The number of halogens is 5. The average Bonchev–Trinajstić information content (AvgIpc) is 1.97. The Kier molecular flexibility index (Phi) is 71.3. The zero-order chi connectivity index (χ0) is 7.82. The predicted octanol–water partition coefficient (Wildman–Crippen LogP) is -0.472. The topological polar surface area (TPSA) is 62.2 Å². The molecule has 0 aliphatic heterocycles. The van der Waals surface area contributed by atoms with Crippen LogP contribution in [0.5, 0.6) is 0 Å². The third-order valence-corrected chi connectivity index (χ3v) is 0.729. The lowest BCUT2D eigenvalue weighted by Gasteiger charge is -2.13. The summed E-state index contributed by atoms with van der Waals surface area (Å²) in [6.45, 7) is 0.295. The molecule has 0 fully saturated rings. The van der Waals surface area contributed by atoms with Gasteiger partial charge < -0.3 is 10.2 Å². The van der Waals surface area contributed by atoms with Gasteiger partial charge in [-0.25, -0.2) is 0 Å². The number of aliphatic hydroxyl groups excluding tert-OH is 2. The lowest BCUT2D eigenvalue weighted by molar-refractivity contribution is -0.356. The predicted molar refractivity (Wildman–Crippen MR) is 46.4 cm³/mol. The monoisotopic (exact) mass is 251 g/mol. The van der Waals surface area contributed by atoms with Crippen LogP contribution in [0.3, 0.4) is 0 Å². The van der Waals surface area contributed by atoms with Crippen LogP contribution in [-0.4, -0.2) is 48.9 Å². The van der Waals surface area contributed by atoms with E-state index in [4.69, 9.17) is 19.9 Å². The summed E-state index contributed by atoms with van der Waals surface area (Å²) in [5, 5.41) is 17.7. The smallest absolute Gasteiger partial charge is 0.0942 e. The van der Waals surface area contributed by atoms with E-state index in [1.54, 1.807) is 7.05 Å². The largest absolute Gasteiger partial charge is 0.394 e. The summed E-state index contributed by atoms with van der Waals surface area (Å²) in [4.78, 5) is 9.49. The first-order valence-corrected chi connectivity index (χ1v) is 3.02. The summed E-state index contributed by atoms with van der Waals surface area (Å²) in [5.41, 5.74) is 0. The van der Waals surface area contributed by atoms with Crippen molar-refractivity contribution in [1.82, 2.24) is 5.23 Å².